The highest BCUT2D eigenvalue weighted by Crippen LogP contribution is 2.23. The first-order chi connectivity index (χ1) is 8.02. The Kier molecular flexibility index (Phi) is 3.39. The second-order valence-corrected chi connectivity index (χ2v) is 6.67. The van der Waals surface area contributed by atoms with E-state index in [4.69, 9.17) is 0 Å². The van der Waals surface area contributed by atoms with Crippen molar-refractivity contribution in [2.75, 3.05) is 18.1 Å². The van der Waals surface area contributed by atoms with Crippen molar-refractivity contribution in [2.45, 2.75) is 18.6 Å². The van der Waals surface area contributed by atoms with E-state index >= 15 is 0 Å². The third kappa shape index (κ3) is 2.78. The van der Waals surface area contributed by atoms with Gasteiger partial charge in [0, 0.05) is 23.6 Å². The van der Waals surface area contributed by atoms with E-state index in [1.165, 1.54) is 28.1 Å². The molecule has 0 atom stereocenters. The van der Waals surface area contributed by atoms with Crippen molar-refractivity contribution in [1.82, 2.24) is 14.6 Å². The van der Waals surface area contributed by atoms with Crippen LogP contribution < -0.4 is 10.9 Å². The molecule has 0 saturated heterocycles. The molecule has 5 nitrogen and oxygen atoms in total. The van der Waals surface area contributed by atoms with Gasteiger partial charge in [0.25, 0.3) is 5.56 Å². The normalized spacial score (nSPS) is 11.9. The molecule has 0 spiro atoms. The first-order valence-electron chi connectivity index (χ1n) is 5.16. The van der Waals surface area contributed by atoms with Gasteiger partial charge in [-0.05, 0) is 20.1 Å². The van der Waals surface area contributed by atoms with Gasteiger partial charge in [-0.1, -0.05) is 11.3 Å². The van der Waals surface area contributed by atoms with Gasteiger partial charge < -0.3 is 5.32 Å². The maximum absolute atomic E-state index is 11.5. The van der Waals surface area contributed by atoms with Crippen molar-refractivity contribution in [3.8, 4) is 0 Å². The highest BCUT2D eigenvalue weighted by atomic mass is 32.2. The van der Waals surface area contributed by atoms with Gasteiger partial charge in [-0.3, -0.25) is 4.79 Å². The standard InChI is InChI=1S/C10H14N4OS2/c1-10(2,16-3)6-12-8-13-14-7(15)4-5-11-9(14)17-8/h4-5H,6H2,1-3H3,(H,12,13). The Labute approximate surface area is 107 Å². The lowest BCUT2D eigenvalue weighted by Crippen LogP contribution is -2.26. The fourth-order valence-electron chi connectivity index (χ4n) is 1.18. The molecular formula is C10H14N4OS2. The third-order valence-electron chi connectivity index (χ3n) is 2.39. The summed E-state index contributed by atoms with van der Waals surface area (Å²) in [5.74, 6) is 0. The summed E-state index contributed by atoms with van der Waals surface area (Å²) in [6, 6.07) is 1.41. The van der Waals surface area contributed by atoms with Gasteiger partial charge in [0.2, 0.25) is 10.1 Å². The number of anilines is 1. The fourth-order valence-corrected chi connectivity index (χ4v) is 2.16. The summed E-state index contributed by atoms with van der Waals surface area (Å²) in [5, 5.41) is 8.15. The molecule has 0 bridgehead atoms. The molecule has 0 aliphatic carbocycles. The first kappa shape index (κ1) is 12.4. The van der Waals surface area contributed by atoms with Crippen molar-refractivity contribution in [2.24, 2.45) is 0 Å². The number of aromatic nitrogens is 3. The van der Waals surface area contributed by atoms with Gasteiger partial charge in [0.05, 0.1) is 0 Å². The zero-order valence-corrected chi connectivity index (χ0v) is 11.6. The molecule has 0 fully saturated rings. The summed E-state index contributed by atoms with van der Waals surface area (Å²) in [7, 11) is 0. The molecule has 0 unspecified atom stereocenters. The molecule has 0 aromatic carbocycles. The molecule has 17 heavy (non-hydrogen) atoms. The van der Waals surface area contributed by atoms with E-state index in [-0.39, 0.29) is 10.3 Å². The van der Waals surface area contributed by atoms with Crippen LogP contribution in [0, 0.1) is 0 Å². The molecule has 7 heteroatoms. The number of rotatable bonds is 4. The maximum atomic E-state index is 11.5. The molecule has 2 aromatic rings. The minimum absolute atomic E-state index is 0.135. The number of fused-ring (bicyclic) bond motifs is 1. The number of hydrogen-bond donors (Lipinski definition) is 1. The average molecular weight is 270 g/mol. The topological polar surface area (TPSA) is 59.3 Å². The lowest BCUT2D eigenvalue weighted by atomic mass is 10.2. The van der Waals surface area contributed by atoms with Crippen molar-refractivity contribution >= 4 is 33.2 Å². The molecule has 0 aliphatic rings. The van der Waals surface area contributed by atoms with Crippen molar-refractivity contribution in [3.05, 3.63) is 22.6 Å². The van der Waals surface area contributed by atoms with E-state index in [2.05, 4.69) is 35.5 Å². The van der Waals surface area contributed by atoms with E-state index in [0.717, 1.165) is 11.7 Å². The van der Waals surface area contributed by atoms with E-state index in [0.29, 0.717) is 4.96 Å². The quantitative estimate of drug-likeness (QED) is 0.916. The monoisotopic (exact) mass is 270 g/mol. The van der Waals surface area contributed by atoms with Crippen LogP contribution in [0.25, 0.3) is 4.96 Å². The van der Waals surface area contributed by atoms with Crippen LogP contribution in [0.15, 0.2) is 17.1 Å². The van der Waals surface area contributed by atoms with Crippen LogP contribution in [0.3, 0.4) is 0 Å². The maximum Gasteiger partial charge on any atom is 0.275 e. The van der Waals surface area contributed by atoms with Gasteiger partial charge in [-0.15, -0.1) is 5.10 Å². The summed E-state index contributed by atoms with van der Waals surface area (Å²) >= 11 is 3.17. The Bertz CT molecular complexity index is 575. The van der Waals surface area contributed by atoms with Gasteiger partial charge in [-0.2, -0.15) is 16.3 Å². The summed E-state index contributed by atoms with van der Waals surface area (Å²) < 4.78 is 1.45. The SMILES string of the molecule is CSC(C)(C)CNc1nn2c(=O)ccnc2s1. The molecule has 0 aliphatic heterocycles. The third-order valence-corrected chi connectivity index (χ3v) is 4.52. The van der Waals surface area contributed by atoms with Crippen molar-refractivity contribution in [1.29, 1.82) is 0 Å². The zero-order chi connectivity index (χ0) is 12.5. The highest BCUT2D eigenvalue weighted by molar-refractivity contribution is 7.99. The Morgan fingerprint density at radius 3 is 3.00 bits per heavy atom. The van der Waals surface area contributed by atoms with Gasteiger partial charge in [-0.25, -0.2) is 4.98 Å². The Balaban J connectivity index is 2.21. The van der Waals surface area contributed by atoms with Crippen LogP contribution in [-0.4, -0.2) is 32.1 Å². The van der Waals surface area contributed by atoms with E-state index in [1.54, 1.807) is 11.8 Å². The summed E-state index contributed by atoms with van der Waals surface area (Å²) in [4.78, 5) is 16.2. The predicted molar refractivity (Wildman–Crippen MR) is 73.2 cm³/mol. The van der Waals surface area contributed by atoms with Crippen LogP contribution >= 0.6 is 23.1 Å². The second-order valence-electron chi connectivity index (χ2n) is 4.20. The second kappa shape index (κ2) is 4.66. The molecule has 0 radical (unpaired) electrons. The summed E-state index contributed by atoms with van der Waals surface area (Å²) in [6.45, 7) is 5.10. The number of nitrogens with zero attached hydrogens (tertiary/aromatic N) is 3. The largest absolute Gasteiger partial charge is 0.359 e. The minimum Gasteiger partial charge on any atom is -0.359 e. The van der Waals surface area contributed by atoms with Crippen LogP contribution in [0.5, 0.6) is 0 Å². The Morgan fingerprint density at radius 2 is 2.35 bits per heavy atom. The smallest absolute Gasteiger partial charge is 0.275 e. The lowest BCUT2D eigenvalue weighted by Gasteiger charge is -2.21. The van der Waals surface area contributed by atoms with Crippen LogP contribution in [0.4, 0.5) is 5.13 Å². The average Bonchev–Trinajstić information content (AvgIpc) is 2.71. The fraction of sp³-hybridized carbons (Fsp3) is 0.500. The summed E-state index contributed by atoms with van der Waals surface area (Å²) in [6.07, 6.45) is 3.58. The predicted octanol–water partition coefficient (Wildman–Crippen LogP) is 1.70. The molecule has 2 heterocycles. The summed E-state index contributed by atoms with van der Waals surface area (Å²) in [5.41, 5.74) is -0.150. The van der Waals surface area contributed by atoms with E-state index in [9.17, 15) is 4.79 Å². The molecular weight excluding hydrogens is 256 g/mol. The van der Waals surface area contributed by atoms with Crippen LogP contribution in [0.1, 0.15) is 13.8 Å². The molecule has 0 amide bonds. The number of hydrogen-bond acceptors (Lipinski definition) is 6. The molecule has 2 aromatic heterocycles. The lowest BCUT2D eigenvalue weighted by molar-refractivity contribution is 0.748. The van der Waals surface area contributed by atoms with Crippen LogP contribution in [0.2, 0.25) is 0 Å². The van der Waals surface area contributed by atoms with Gasteiger partial charge >= 0.3 is 0 Å². The van der Waals surface area contributed by atoms with Gasteiger partial charge in [0.15, 0.2) is 0 Å². The minimum atomic E-state index is -0.150. The van der Waals surface area contributed by atoms with Crippen molar-refractivity contribution in [3.63, 3.8) is 0 Å². The highest BCUT2D eigenvalue weighted by Gasteiger charge is 2.16. The zero-order valence-electron chi connectivity index (χ0n) is 9.93. The first-order valence-corrected chi connectivity index (χ1v) is 7.20. The molecule has 0 saturated carbocycles. The van der Waals surface area contributed by atoms with E-state index in [1.807, 2.05) is 0 Å². The van der Waals surface area contributed by atoms with Gasteiger partial charge in [0.1, 0.15) is 0 Å². The number of thioether (sulfide) groups is 1. The Hall–Kier alpha value is -1.08. The van der Waals surface area contributed by atoms with Crippen molar-refractivity contribution < 1.29 is 0 Å². The van der Waals surface area contributed by atoms with E-state index < -0.39 is 0 Å². The molecule has 92 valence electrons. The molecule has 1 N–H and O–H groups in total. The van der Waals surface area contributed by atoms with Crippen LogP contribution in [-0.2, 0) is 0 Å². The Morgan fingerprint density at radius 1 is 1.59 bits per heavy atom. The molecule has 2 rings (SSSR count). The number of nitrogens with one attached hydrogen (secondary N) is 1.